The highest BCUT2D eigenvalue weighted by Crippen LogP contribution is 2.42. The van der Waals surface area contributed by atoms with Gasteiger partial charge in [0, 0.05) is 0 Å². The maximum atomic E-state index is 9.73. The van der Waals surface area contributed by atoms with Crippen molar-refractivity contribution in [3.63, 3.8) is 0 Å². The van der Waals surface area contributed by atoms with Gasteiger partial charge in [0.1, 0.15) is 17.2 Å². The quantitative estimate of drug-likeness (QED) is 0.556. The second kappa shape index (κ2) is 8.44. The minimum atomic E-state index is 0.267. The molecular weight excluding hydrogens is 360 g/mol. The number of rotatable bonds is 4. The lowest BCUT2D eigenvalue weighted by atomic mass is 9.77. The van der Waals surface area contributed by atoms with Crippen LogP contribution < -0.4 is 4.74 Å². The Morgan fingerprint density at radius 2 is 1.34 bits per heavy atom. The minimum absolute atomic E-state index is 0.267. The Labute approximate surface area is 171 Å². The zero-order valence-electron chi connectivity index (χ0n) is 16.6. The number of ether oxygens (including phenoxy) is 1. The van der Waals surface area contributed by atoms with Gasteiger partial charge in [-0.25, -0.2) is 0 Å². The van der Waals surface area contributed by atoms with E-state index in [1.54, 1.807) is 31.4 Å². The number of allylic oxidation sites excluding steroid dienone is 1. The van der Waals surface area contributed by atoms with Crippen molar-refractivity contribution in [1.29, 1.82) is 0 Å². The number of methoxy groups -OCH3 is 1. The van der Waals surface area contributed by atoms with E-state index in [2.05, 4.69) is 12.1 Å². The molecule has 1 saturated carbocycles. The molecule has 3 aromatic rings. The van der Waals surface area contributed by atoms with Crippen molar-refractivity contribution in [3.8, 4) is 17.2 Å². The van der Waals surface area contributed by atoms with Crippen LogP contribution in [0.2, 0.25) is 0 Å². The second-order valence-corrected chi connectivity index (χ2v) is 7.64. The SMILES string of the molecule is COc1ccc([C@H]2CCCC(=C(c3ccc(O)cc3)c3ccc(O)cc3)C2)cc1. The van der Waals surface area contributed by atoms with Gasteiger partial charge < -0.3 is 14.9 Å². The molecule has 3 aromatic carbocycles. The van der Waals surface area contributed by atoms with Crippen LogP contribution in [-0.2, 0) is 0 Å². The van der Waals surface area contributed by atoms with E-state index in [1.807, 2.05) is 36.4 Å². The zero-order chi connectivity index (χ0) is 20.2. The molecule has 0 aromatic heterocycles. The van der Waals surface area contributed by atoms with E-state index in [0.717, 1.165) is 36.1 Å². The highest BCUT2D eigenvalue weighted by Gasteiger charge is 2.22. The fraction of sp³-hybridized carbons (Fsp3) is 0.231. The Hall–Kier alpha value is -3.20. The summed E-state index contributed by atoms with van der Waals surface area (Å²) >= 11 is 0. The van der Waals surface area contributed by atoms with Crippen molar-refractivity contribution in [2.75, 3.05) is 7.11 Å². The third-order valence-corrected chi connectivity index (χ3v) is 5.78. The molecule has 2 N–H and O–H groups in total. The normalized spacial score (nSPS) is 16.4. The van der Waals surface area contributed by atoms with Gasteiger partial charge in [-0.15, -0.1) is 0 Å². The van der Waals surface area contributed by atoms with Crippen molar-refractivity contribution in [3.05, 3.63) is 95.1 Å². The summed E-state index contributed by atoms with van der Waals surface area (Å²) in [6.45, 7) is 0. The van der Waals surface area contributed by atoms with Crippen LogP contribution in [0.5, 0.6) is 17.2 Å². The van der Waals surface area contributed by atoms with Gasteiger partial charge in [0.05, 0.1) is 7.11 Å². The summed E-state index contributed by atoms with van der Waals surface area (Å²) in [5, 5.41) is 19.5. The maximum absolute atomic E-state index is 9.73. The number of phenols is 2. The molecule has 29 heavy (non-hydrogen) atoms. The van der Waals surface area contributed by atoms with Gasteiger partial charge in [-0.2, -0.15) is 0 Å². The topological polar surface area (TPSA) is 49.7 Å². The van der Waals surface area contributed by atoms with Gasteiger partial charge in [-0.05, 0) is 90.3 Å². The van der Waals surface area contributed by atoms with Gasteiger partial charge in [-0.1, -0.05) is 42.0 Å². The molecule has 1 aliphatic rings. The molecule has 1 aliphatic carbocycles. The highest BCUT2D eigenvalue weighted by molar-refractivity contribution is 5.82. The Morgan fingerprint density at radius 1 is 0.793 bits per heavy atom. The van der Waals surface area contributed by atoms with Crippen molar-refractivity contribution in [2.45, 2.75) is 31.6 Å². The summed E-state index contributed by atoms with van der Waals surface area (Å²) in [6.07, 6.45) is 4.38. The van der Waals surface area contributed by atoms with Crippen LogP contribution in [0, 0.1) is 0 Å². The van der Waals surface area contributed by atoms with E-state index in [-0.39, 0.29) is 11.5 Å². The lowest BCUT2D eigenvalue weighted by Gasteiger charge is -2.28. The van der Waals surface area contributed by atoms with E-state index in [0.29, 0.717) is 5.92 Å². The van der Waals surface area contributed by atoms with E-state index in [9.17, 15) is 10.2 Å². The van der Waals surface area contributed by atoms with Crippen LogP contribution in [0.4, 0.5) is 0 Å². The van der Waals surface area contributed by atoms with Gasteiger partial charge in [0.25, 0.3) is 0 Å². The van der Waals surface area contributed by atoms with Crippen LogP contribution in [0.1, 0.15) is 48.3 Å². The number of hydrogen-bond acceptors (Lipinski definition) is 3. The van der Waals surface area contributed by atoms with Crippen molar-refractivity contribution < 1.29 is 14.9 Å². The van der Waals surface area contributed by atoms with E-state index >= 15 is 0 Å². The van der Waals surface area contributed by atoms with Gasteiger partial charge in [-0.3, -0.25) is 0 Å². The Kier molecular flexibility index (Phi) is 5.57. The molecule has 3 heteroatoms. The number of hydrogen-bond donors (Lipinski definition) is 2. The predicted molar refractivity (Wildman–Crippen MR) is 116 cm³/mol. The smallest absolute Gasteiger partial charge is 0.118 e. The molecule has 0 unspecified atom stereocenters. The molecule has 3 nitrogen and oxygen atoms in total. The molecular formula is C26H26O3. The van der Waals surface area contributed by atoms with Crippen LogP contribution in [-0.4, -0.2) is 17.3 Å². The lowest BCUT2D eigenvalue weighted by molar-refractivity contribution is 0.414. The number of benzene rings is 3. The second-order valence-electron chi connectivity index (χ2n) is 7.64. The monoisotopic (exact) mass is 386 g/mol. The van der Waals surface area contributed by atoms with Gasteiger partial charge in [0.15, 0.2) is 0 Å². The molecule has 0 heterocycles. The molecule has 0 bridgehead atoms. The van der Waals surface area contributed by atoms with Crippen molar-refractivity contribution in [2.24, 2.45) is 0 Å². The largest absolute Gasteiger partial charge is 0.508 e. The maximum Gasteiger partial charge on any atom is 0.118 e. The first-order valence-electron chi connectivity index (χ1n) is 10.1. The first kappa shape index (κ1) is 19.1. The van der Waals surface area contributed by atoms with Crippen molar-refractivity contribution in [1.82, 2.24) is 0 Å². The summed E-state index contributed by atoms with van der Waals surface area (Å²) in [5.74, 6) is 1.90. The Morgan fingerprint density at radius 3 is 1.86 bits per heavy atom. The first-order valence-corrected chi connectivity index (χ1v) is 10.1. The minimum Gasteiger partial charge on any atom is -0.508 e. The third kappa shape index (κ3) is 4.29. The summed E-state index contributed by atoms with van der Waals surface area (Å²) in [4.78, 5) is 0. The average Bonchev–Trinajstić information content (AvgIpc) is 2.77. The van der Waals surface area contributed by atoms with Crippen LogP contribution in [0.3, 0.4) is 0 Å². The summed E-state index contributed by atoms with van der Waals surface area (Å²) in [6, 6.07) is 23.3. The molecule has 148 valence electrons. The first-order chi connectivity index (χ1) is 14.1. The molecule has 0 saturated heterocycles. The fourth-order valence-corrected chi connectivity index (χ4v) is 4.28. The number of phenolic OH excluding ortho intramolecular Hbond substituents is 2. The molecule has 1 fully saturated rings. The lowest BCUT2D eigenvalue weighted by Crippen LogP contribution is -2.09. The summed E-state index contributed by atoms with van der Waals surface area (Å²) < 4.78 is 5.30. The average molecular weight is 386 g/mol. The molecule has 0 amide bonds. The van der Waals surface area contributed by atoms with Gasteiger partial charge in [0.2, 0.25) is 0 Å². The third-order valence-electron chi connectivity index (χ3n) is 5.78. The molecule has 0 radical (unpaired) electrons. The molecule has 0 aliphatic heterocycles. The summed E-state index contributed by atoms with van der Waals surface area (Å²) in [5.41, 5.74) is 6.17. The predicted octanol–water partition coefficient (Wildman–Crippen LogP) is 6.27. The van der Waals surface area contributed by atoms with Crippen molar-refractivity contribution >= 4 is 5.57 Å². The van der Waals surface area contributed by atoms with E-state index < -0.39 is 0 Å². The van der Waals surface area contributed by atoms with Crippen LogP contribution >= 0.6 is 0 Å². The fourth-order valence-electron chi connectivity index (χ4n) is 4.28. The van der Waals surface area contributed by atoms with E-state index in [1.165, 1.54) is 23.1 Å². The molecule has 4 rings (SSSR count). The van der Waals surface area contributed by atoms with E-state index in [4.69, 9.17) is 4.74 Å². The highest BCUT2D eigenvalue weighted by atomic mass is 16.5. The zero-order valence-corrected chi connectivity index (χ0v) is 16.6. The number of aromatic hydroxyl groups is 2. The standard InChI is InChI=1S/C26H26O3/c1-29-25-15-9-18(10-16-25)21-3-2-4-22(17-21)26(19-5-11-23(27)12-6-19)20-7-13-24(28)14-8-20/h5-16,21,27-28H,2-4,17H2,1H3/t21-/m0/s1. The van der Waals surface area contributed by atoms with Crippen LogP contribution in [0.25, 0.3) is 5.57 Å². The Bertz CT molecular complexity index is 936. The van der Waals surface area contributed by atoms with Gasteiger partial charge >= 0.3 is 0 Å². The molecule has 0 spiro atoms. The Balaban J connectivity index is 1.74. The summed E-state index contributed by atoms with van der Waals surface area (Å²) in [7, 11) is 1.69. The molecule has 1 atom stereocenters. The van der Waals surface area contributed by atoms with Crippen LogP contribution in [0.15, 0.2) is 78.4 Å².